The number of carbonyl (C=O) groups excluding carboxylic acids is 2. The number of Topliss-reactive ketones (excluding diaryl/α,β-unsaturated/α-hetero) is 1. The number of nitrogens with one attached hydrogen (secondary N) is 1. The molecule has 2 N–H and O–H groups in total. The molecule has 3 rings (SSSR count). The van der Waals surface area contributed by atoms with Gasteiger partial charge in [0.1, 0.15) is 17.3 Å². The standard InChI is InChI=1S/C24H28N2O5/c1-25(2)12-7-13-26-21(16-8-5-10-18(14-16)30-3)20(23(28)24(26)29)22(27)17-9-6-11-19(15-17)31-4/h5-6,8-11,14-15,21,27H,7,12-13H2,1-4H3/p+1/t21-/m0/s1. The van der Waals surface area contributed by atoms with Crippen molar-refractivity contribution in [3.8, 4) is 11.5 Å². The smallest absolute Gasteiger partial charge is 0.295 e. The first-order valence-electron chi connectivity index (χ1n) is 10.2. The molecule has 1 amide bonds. The molecule has 0 aromatic heterocycles. The van der Waals surface area contributed by atoms with Crippen LogP contribution in [0.5, 0.6) is 11.5 Å². The van der Waals surface area contributed by atoms with Crippen molar-refractivity contribution in [3.05, 3.63) is 65.2 Å². The van der Waals surface area contributed by atoms with Crippen LogP contribution in [0.2, 0.25) is 0 Å². The SMILES string of the molecule is COc1cccc(C(O)=C2C(=O)C(=O)N(CCC[NH+](C)C)[C@H]2c2cccc(OC)c2)c1. The Morgan fingerprint density at radius 2 is 1.68 bits per heavy atom. The van der Waals surface area contributed by atoms with E-state index >= 15 is 0 Å². The number of nitrogens with zero attached hydrogens (tertiary/aromatic N) is 1. The van der Waals surface area contributed by atoms with Crippen LogP contribution in [-0.2, 0) is 9.59 Å². The van der Waals surface area contributed by atoms with Gasteiger partial charge >= 0.3 is 0 Å². The lowest BCUT2D eigenvalue weighted by Gasteiger charge is -2.25. The van der Waals surface area contributed by atoms with E-state index in [4.69, 9.17) is 9.47 Å². The van der Waals surface area contributed by atoms with Crippen LogP contribution in [-0.4, -0.2) is 63.1 Å². The van der Waals surface area contributed by atoms with Crippen LogP contribution in [0.1, 0.15) is 23.6 Å². The number of benzene rings is 2. The zero-order valence-corrected chi connectivity index (χ0v) is 18.3. The average molecular weight is 426 g/mol. The second kappa shape index (κ2) is 9.66. The molecule has 2 aromatic carbocycles. The van der Waals surface area contributed by atoms with Crippen LogP contribution in [0, 0.1) is 0 Å². The van der Waals surface area contributed by atoms with Crippen molar-refractivity contribution in [1.82, 2.24) is 4.90 Å². The summed E-state index contributed by atoms with van der Waals surface area (Å²) >= 11 is 0. The van der Waals surface area contributed by atoms with Gasteiger partial charge in [-0.2, -0.15) is 0 Å². The molecule has 31 heavy (non-hydrogen) atoms. The Bertz CT molecular complexity index is 999. The Morgan fingerprint density at radius 1 is 1.03 bits per heavy atom. The maximum Gasteiger partial charge on any atom is 0.295 e. The predicted octanol–water partition coefficient (Wildman–Crippen LogP) is 1.66. The molecule has 0 bridgehead atoms. The van der Waals surface area contributed by atoms with Gasteiger partial charge in [0.2, 0.25) is 0 Å². The number of amides is 1. The highest BCUT2D eigenvalue weighted by molar-refractivity contribution is 6.46. The van der Waals surface area contributed by atoms with E-state index in [0.29, 0.717) is 29.2 Å². The summed E-state index contributed by atoms with van der Waals surface area (Å²) in [5.41, 5.74) is 1.20. The van der Waals surface area contributed by atoms with Crippen molar-refractivity contribution >= 4 is 17.4 Å². The summed E-state index contributed by atoms with van der Waals surface area (Å²) in [6.07, 6.45) is 0.731. The van der Waals surface area contributed by atoms with Gasteiger partial charge in [-0.05, 0) is 29.8 Å². The number of ketones is 1. The number of rotatable bonds is 8. The molecule has 0 saturated carbocycles. The van der Waals surface area contributed by atoms with Crippen molar-refractivity contribution in [1.29, 1.82) is 0 Å². The maximum atomic E-state index is 13.0. The second-order valence-corrected chi connectivity index (χ2v) is 7.81. The Hall–Kier alpha value is -3.32. The number of methoxy groups -OCH3 is 2. The predicted molar refractivity (Wildman–Crippen MR) is 117 cm³/mol. The molecule has 164 valence electrons. The fraction of sp³-hybridized carbons (Fsp3) is 0.333. The zero-order valence-electron chi connectivity index (χ0n) is 18.3. The number of aliphatic hydroxyl groups excluding tert-OH is 1. The van der Waals surface area contributed by atoms with E-state index in [1.165, 1.54) is 12.0 Å². The summed E-state index contributed by atoms with van der Waals surface area (Å²) in [5.74, 6) is -0.352. The van der Waals surface area contributed by atoms with E-state index < -0.39 is 17.7 Å². The summed E-state index contributed by atoms with van der Waals surface area (Å²) in [5, 5.41) is 11.1. The van der Waals surface area contributed by atoms with Gasteiger partial charge < -0.3 is 24.4 Å². The number of hydrogen-bond donors (Lipinski definition) is 2. The molecule has 2 aromatic rings. The van der Waals surface area contributed by atoms with E-state index in [0.717, 1.165) is 13.0 Å². The molecule has 7 heteroatoms. The van der Waals surface area contributed by atoms with Crippen molar-refractivity contribution < 1.29 is 29.1 Å². The zero-order chi connectivity index (χ0) is 22.5. The molecule has 7 nitrogen and oxygen atoms in total. The minimum atomic E-state index is -0.696. The summed E-state index contributed by atoms with van der Waals surface area (Å²) in [6.45, 7) is 1.26. The number of hydrogen-bond acceptors (Lipinski definition) is 5. The van der Waals surface area contributed by atoms with Gasteiger partial charge in [0, 0.05) is 18.5 Å². The third-order valence-corrected chi connectivity index (χ3v) is 5.37. The molecule has 0 radical (unpaired) electrons. The van der Waals surface area contributed by atoms with Crippen LogP contribution in [0.25, 0.3) is 5.76 Å². The highest BCUT2D eigenvalue weighted by atomic mass is 16.5. The third kappa shape index (κ3) is 4.72. The molecule has 1 aliphatic heterocycles. The first-order valence-corrected chi connectivity index (χ1v) is 10.2. The normalized spacial score (nSPS) is 18.0. The lowest BCUT2D eigenvalue weighted by Crippen LogP contribution is -3.05. The fourth-order valence-electron chi connectivity index (χ4n) is 3.80. The largest absolute Gasteiger partial charge is 0.507 e. The van der Waals surface area contributed by atoms with Crippen molar-refractivity contribution in [2.45, 2.75) is 12.5 Å². The summed E-state index contributed by atoms with van der Waals surface area (Å²) in [6, 6.07) is 13.3. The molecule has 1 saturated heterocycles. The monoisotopic (exact) mass is 425 g/mol. The average Bonchev–Trinajstić information content (AvgIpc) is 3.03. The third-order valence-electron chi connectivity index (χ3n) is 5.37. The highest BCUT2D eigenvalue weighted by Gasteiger charge is 2.46. The fourth-order valence-corrected chi connectivity index (χ4v) is 3.80. The number of likely N-dealkylation sites (tertiary alicyclic amines) is 1. The molecule has 1 fully saturated rings. The Balaban J connectivity index is 2.12. The Kier molecular flexibility index (Phi) is 6.97. The second-order valence-electron chi connectivity index (χ2n) is 7.81. The molecule has 0 aliphatic carbocycles. The molecule has 0 spiro atoms. The minimum absolute atomic E-state index is 0.0729. The first kappa shape index (κ1) is 22.4. The maximum absolute atomic E-state index is 13.0. The van der Waals surface area contributed by atoms with Gasteiger partial charge in [-0.25, -0.2) is 0 Å². The van der Waals surface area contributed by atoms with Crippen LogP contribution in [0.3, 0.4) is 0 Å². The topological polar surface area (TPSA) is 80.5 Å². The summed E-state index contributed by atoms with van der Waals surface area (Å²) in [4.78, 5) is 28.8. The van der Waals surface area contributed by atoms with Crippen molar-refractivity contribution in [3.63, 3.8) is 0 Å². The Morgan fingerprint density at radius 3 is 2.32 bits per heavy atom. The lowest BCUT2D eigenvalue weighted by molar-refractivity contribution is -0.858. The summed E-state index contributed by atoms with van der Waals surface area (Å²) < 4.78 is 10.6. The number of quaternary nitrogens is 1. The molecule has 0 unspecified atom stereocenters. The molecule has 1 atom stereocenters. The van der Waals surface area contributed by atoms with Gasteiger partial charge in [-0.3, -0.25) is 9.59 Å². The molecule has 1 heterocycles. The van der Waals surface area contributed by atoms with Crippen LogP contribution < -0.4 is 14.4 Å². The number of aliphatic hydroxyl groups is 1. The number of ether oxygens (including phenoxy) is 2. The van der Waals surface area contributed by atoms with Crippen molar-refractivity contribution in [2.24, 2.45) is 0 Å². The quantitative estimate of drug-likeness (QED) is 0.382. The van der Waals surface area contributed by atoms with Crippen LogP contribution in [0.15, 0.2) is 54.1 Å². The number of carbonyl (C=O) groups is 2. The lowest BCUT2D eigenvalue weighted by atomic mass is 9.95. The van der Waals surface area contributed by atoms with Crippen molar-refractivity contribution in [2.75, 3.05) is 41.4 Å². The Labute approximate surface area is 182 Å². The molecular formula is C24H29N2O5+. The molecular weight excluding hydrogens is 396 g/mol. The van der Waals surface area contributed by atoms with Crippen LogP contribution in [0.4, 0.5) is 0 Å². The van der Waals surface area contributed by atoms with Gasteiger partial charge in [0.25, 0.3) is 11.7 Å². The van der Waals surface area contributed by atoms with Gasteiger partial charge in [-0.1, -0.05) is 24.3 Å². The minimum Gasteiger partial charge on any atom is -0.507 e. The van der Waals surface area contributed by atoms with E-state index in [2.05, 4.69) is 0 Å². The van der Waals surface area contributed by atoms with E-state index in [-0.39, 0.29) is 11.3 Å². The van der Waals surface area contributed by atoms with E-state index in [9.17, 15) is 14.7 Å². The van der Waals surface area contributed by atoms with Gasteiger partial charge in [0.05, 0.1) is 46.5 Å². The van der Waals surface area contributed by atoms with E-state index in [1.807, 2.05) is 26.2 Å². The van der Waals surface area contributed by atoms with E-state index in [1.54, 1.807) is 48.4 Å². The summed E-state index contributed by atoms with van der Waals surface area (Å²) in [7, 11) is 7.17. The van der Waals surface area contributed by atoms with Gasteiger partial charge in [0.15, 0.2) is 0 Å². The highest BCUT2D eigenvalue weighted by Crippen LogP contribution is 2.40. The van der Waals surface area contributed by atoms with Crippen LogP contribution >= 0.6 is 0 Å². The molecule has 1 aliphatic rings. The first-order chi connectivity index (χ1) is 14.9. The van der Waals surface area contributed by atoms with Gasteiger partial charge in [-0.15, -0.1) is 0 Å².